The van der Waals surface area contributed by atoms with Crippen molar-refractivity contribution in [2.75, 3.05) is 20.1 Å². The SMILES string of the molecule is CCC(C)N(C)CCNC(=O)c1cc(S)ccc1Cl. The van der Waals surface area contributed by atoms with Gasteiger partial charge in [0.15, 0.2) is 0 Å². The van der Waals surface area contributed by atoms with Crippen molar-refractivity contribution in [3.05, 3.63) is 28.8 Å². The lowest BCUT2D eigenvalue weighted by Gasteiger charge is -2.23. The molecule has 0 fully saturated rings. The van der Waals surface area contributed by atoms with E-state index in [0.29, 0.717) is 23.2 Å². The lowest BCUT2D eigenvalue weighted by molar-refractivity contribution is 0.0947. The van der Waals surface area contributed by atoms with Crippen LogP contribution >= 0.6 is 24.2 Å². The Kier molecular flexibility index (Phi) is 6.69. The van der Waals surface area contributed by atoms with Gasteiger partial charge in [0, 0.05) is 24.0 Å². The Morgan fingerprint density at radius 3 is 2.84 bits per heavy atom. The molecular formula is C14H21ClN2OS. The van der Waals surface area contributed by atoms with E-state index in [0.717, 1.165) is 17.9 Å². The topological polar surface area (TPSA) is 32.3 Å². The number of thiol groups is 1. The average molecular weight is 301 g/mol. The minimum absolute atomic E-state index is 0.154. The molecule has 0 bridgehead atoms. The van der Waals surface area contributed by atoms with Gasteiger partial charge in [-0.15, -0.1) is 12.6 Å². The largest absolute Gasteiger partial charge is 0.351 e. The van der Waals surface area contributed by atoms with Gasteiger partial charge in [-0.3, -0.25) is 4.79 Å². The van der Waals surface area contributed by atoms with Crippen molar-refractivity contribution < 1.29 is 4.79 Å². The van der Waals surface area contributed by atoms with Crippen LogP contribution in [-0.4, -0.2) is 37.0 Å². The van der Waals surface area contributed by atoms with Gasteiger partial charge in [-0.25, -0.2) is 0 Å². The summed E-state index contributed by atoms with van der Waals surface area (Å²) in [5, 5.41) is 3.33. The Bertz CT molecular complexity index is 439. The molecule has 5 heteroatoms. The van der Waals surface area contributed by atoms with Gasteiger partial charge in [-0.05, 0) is 38.6 Å². The molecule has 0 aliphatic heterocycles. The number of nitrogens with zero attached hydrogens (tertiary/aromatic N) is 1. The maximum absolute atomic E-state index is 12.0. The fraction of sp³-hybridized carbons (Fsp3) is 0.500. The molecule has 0 spiro atoms. The van der Waals surface area contributed by atoms with Crippen molar-refractivity contribution in [2.24, 2.45) is 0 Å². The maximum Gasteiger partial charge on any atom is 0.252 e. The summed E-state index contributed by atoms with van der Waals surface area (Å²) in [6, 6.07) is 5.64. The van der Waals surface area contributed by atoms with Gasteiger partial charge >= 0.3 is 0 Å². The van der Waals surface area contributed by atoms with Crippen molar-refractivity contribution in [1.82, 2.24) is 10.2 Å². The van der Waals surface area contributed by atoms with Crippen molar-refractivity contribution >= 4 is 30.1 Å². The zero-order valence-electron chi connectivity index (χ0n) is 11.6. The Hall–Kier alpha value is -0.710. The number of carbonyl (C=O) groups excluding carboxylic acids is 1. The molecule has 0 heterocycles. The summed E-state index contributed by atoms with van der Waals surface area (Å²) in [6.45, 7) is 5.74. The predicted molar refractivity (Wildman–Crippen MR) is 83.4 cm³/mol. The van der Waals surface area contributed by atoms with Crippen molar-refractivity contribution in [2.45, 2.75) is 31.2 Å². The van der Waals surface area contributed by atoms with Crippen molar-refractivity contribution in [3.8, 4) is 0 Å². The van der Waals surface area contributed by atoms with Gasteiger partial charge in [0.2, 0.25) is 0 Å². The number of carbonyl (C=O) groups is 1. The van der Waals surface area contributed by atoms with Gasteiger partial charge in [0.25, 0.3) is 5.91 Å². The number of halogens is 1. The first kappa shape index (κ1) is 16.3. The summed E-state index contributed by atoms with van der Waals surface area (Å²) in [5.74, 6) is -0.154. The van der Waals surface area contributed by atoms with E-state index < -0.39 is 0 Å². The Labute approximate surface area is 125 Å². The van der Waals surface area contributed by atoms with Crippen LogP contribution in [0.15, 0.2) is 23.1 Å². The highest BCUT2D eigenvalue weighted by Gasteiger charge is 2.11. The number of hydrogen-bond acceptors (Lipinski definition) is 3. The standard InChI is InChI=1S/C14H21ClN2OS/c1-4-10(2)17(3)8-7-16-14(18)12-9-11(19)5-6-13(12)15/h5-6,9-10,19H,4,7-8H2,1-3H3,(H,16,18). The van der Waals surface area contributed by atoms with E-state index in [-0.39, 0.29) is 5.91 Å². The van der Waals surface area contributed by atoms with Crippen LogP contribution in [0.2, 0.25) is 5.02 Å². The molecule has 0 aromatic heterocycles. The van der Waals surface area contributed by atoms with Gasteiger partial charge < -0.3 is 10.2 Å². The highest BCUT2D eigenvalue weighted by Crippen LogP contribution is 2.19. The maximum atomic E-state index is 12.0. The van der Waals surface area contributed by atoms with Crippen LogP contribution in [0.3, 0.4) is 0 Å². The Balaban J connectivity index is 2.50. The molecule has 106 valence electrons. The predicted octanol–water partition coefficient (Wildman–Crippen LogP) is 3.09. The lowest BCUT2D eigenvalue weighted by Crippen LogP contribution is -2.37. The first-order valence-electron chi connectivity index (χ1n) is 6.42. The molecule has 0 aliphatic carbocycles. The molecular weight excluding hydrogens is 280 g/mol. The minimum Gasteiger partial charge on any atom is -0.351 e. The molecule has 19 heavy (non-hydrogen) atoms. The smallest absolute Gasteiger partial charge is 0.252 e. The Morgan fingerprint density at radius 2 is 2.21 bits per heavy atom. The van der Waals surface area contributed by atoms with E-state index >= 15 is 0 Å². The van der Waals surface area contributed by atoms with E-state index in [1.807, 2.05) is 0 Å². The van der Waals surface area contributed by atoms with Gasteiger partial charge in [0.05, 0.1) is 10.6 Å². The fourth-order valence-electron chi connectivity index (χ4n) is 1.66. The fourth-order valence-corrected chi connectivity index (χ4v) is 2.07. The molecule has 3 nitrogen and oxygen atoms in total. The molecule has 0 saturated carbocycles. The zero-order chi connectivity index (χ0) is 14.4. The van der Waals surface area contributed by atoms with Crippen LogP contribution in [0, 0.1) is 0 Å². The molecule has 0 radical (unpaired) electrons. The summed E-state index contributed by atoms with van der Waals surface area (Å²) in [5.41, 5.74) is 0.473. The third-order valence-corrected chi connectivity index (χ3v) is 3.90. The van der Waals surface area contributed by atoms with Crippen LogP contribution in [0.5, 0.6) is 0 Å². The summed E-state index contributed by atoms with van der Waals surface area (Å²) in [7, 11) is 2.06. The number of likely N-dealkylation sites (N-methyl/N-ethyl adjacent to an activating group) is 1. The van der Waals surface area contributed by atoms with Crippen LogP contribution in [0.1, 0.15) is 30.6 Å². The monoisotopic (exact) mass is 300 g/mol. The van der Waals surface area contributed by atoms with Crippen LogP contribution < -0.4 is 5.32 Å². The summed E-state index contributed by atoms with van der Waals surface area (Å²) < 4.78 is 0. The second-order valence-electron chi connectivity index (χ2n) is 4.66. The highest BCUT2D eigenvalue weighted by molar-refractivity contribution is 7.80. The molecule has 0 aliphatic rings. The highest BCUT2D eigenvalue weighted by atomic mass is 35.5. The molecule has 1 unspecified atom stereocenters. The molecule has 1 aromatic rings. The number of nitrogens with one attached hydrogen (secondary N) is 1. The first-order chi connectivity index (χ1) is 8.95. The number of benzene rings is 1. The van der Waals surface area contributed by atoms with Crippen LogP contribution in [-0.2, 0) is 0 Å². The van der Waals surface area contributed by atoms with Crippen molar-refractivity contribution in [3.63, 3.8) is 0 Å². The number of rotatable bonds is 6. The normalized spacial score (nSPS) is 12.5. The quantitative estimate of drug-likeness (QED) is 0.791. The second-order valence-corrected chi connectivity index (χ2v) is 5.58. The van der Waals surface area contributed by atoms with E-state index in [9.17, 15) is 4.79 Å². The molecule has 0 saturated heterocycles. The van der Waals surface area contributed by atoms with E-state index in [2.05, 4.69) is 43.7 Å². The van der Waals surface area contributed by atoms with Gasteiger partial charge in [-0.1, -0.05) is 18.5 Å². The van der Waals surface area contributed by atoms with Gasteiger partial charge in [-0.2, -0.15) is 0 Å². The van der Waals surface area contributed by atoms with Crippen LogP contribution in [0.25, 0.3) is 0 Å². The lowest BCUT2D eigenvalue weighted by atomic mass is 10.2. The van der Waals surface area contributed by atoms with E-state index in [4.69, 9.17) is 11.6 Å². The van der Waals surface area contributed by atoms with E-state index in [1.54, 1.807) is 18.2 Å². The number of amides is 1. The second kappa shape index (κ2) is 7.78. The minimum atomic E-state index is -0.154. The third-order valence-electron chi connectivity index (χ3n) is 3.29. The van der Waals surface area contributed by atoms with Gasteiger partial charge in [0.1, 0.15) is 0 Å². The summed E-state index contributed by atoms with van der Waals surface area (Å²) in [6.07, 6.45) is 1.10. The molecule has 1 aromatic carbocycles. The molecule has 1 amide bonds. The van der Waals surface area contributed by atoms with Crippen LogP contribution in [0.4, 0.5) is 0 Å². The average Bonchev–Trinajstić information content (AvgIpc) is 2.40. The molecule has 1 N–H and O–H groups in total. The van der Waals surface area contributed by atoms with E-state index in [1.165, 1.54) is 0 Å². The molecule has 1 rings (SSSR count). The molecule has 1 atom stereocenters. The number of hydrogen-bond donors (Lipinski definition) is 2. The summed E-state index contributed by atoms with van der Waals surface area (Å²) in [4.78, 5) is 14.9. The zero-order valence-corrected chi connectivity index (χ0v) is 13.3. The first-order valence-corrected chi connectivity index (χ1v) is 7.25. The Morgan fingerprint density at radius 1 is 1.53 bits per heavy atom. The summed E-state index contributed by atoms with van der Waals surface area (Å²) >= 11 is 10.2. The third kappa shape index (κ3) is 5.05. The van der Waals surface area contributed by atoms with Crippen molar-refractivity contribution in [1.29, 1.82) is 0 Å².